The molecule has 1 aliphatic carbocycles. The fourth-order valence-corrected chi connectivity index (χ4v) is 6.29. The van der Waals surface area contributed by atoms with Crippen LogP contribution >= 0.6 is 0 Å². The van der Waals surface area contributed by atoms with Crippen LogP contribution in [0.5, 0.6) is 0 Å². The molecule has 43 heavy (non-hydrogen) atoms. The Bertz CT molecular complexity index is 1220. The Balaban J connectivity index is 2.33. The van der Waals surface area contributed by atoms with Crippen LogP contribution in [-0.2, 0) is 29.2 Å². The third-order valence-corrected chi connectivity index (χ3v) is 10.2. The second-order valence-electron chi connectivity index (χ2n) is 14.8. The summed E-state index contributed by atoms with van der Waals surface area (Å²) in [6.45, 7) is 17.2. The molecule has 2 rings (SSSR count). The monoisotopic (exact) mass is 628 g/mol. The molecule has 0 spiro atoms. The molecule has 1 heterocycles. The summed E-state index contributed by atoms with van der Waals surface area (Å²) in [4.78, 5) is 66.6. The first-order chi connectivity index (χ1) is 19.3. The van der Waals surface area contributed by atoms with Crippen LogP contribution in [0.1, 0.15) is 75.2 Å². The lowest BCUT2D eigenvalue weighted by atomic mass is 9.85. The van der Waals surface area contributed by atoms with Crippen LogP contribution in [0, 0.1) is 28.1 Å². The molecule has 2 aliphatic rings. The molecule has 2 fully saturated rings. The van der Waals surface area contributed by atoms with Crippen LogP contribution in [0.15, 0.2) is 0 Å². The SMILES string of the molecule is CCCC(NC(=O)[C@@H]1[C@@H]2[C@H](CN1C(=O)[C@@H](NC(=O)N[C@H](CN(C)S(C)(=O)=O)C(C)(C)C)C(C)(C)C)C2(C)C)C(=O)C(N)=O. The molecule has 0 radical (unpaired) electrons. The summed E-state index contributed by atoms with van der Waals surface area (Å²) in [7, 11) is -2.06. The van der Waals surface area contributed by atoms with Crippen LogP contribution in [-0.4, -0.2) is 97.7 Å². The van der Waals surface area contributed by atoms with Crippen molar-refractivity contribution in [3.63, 3.8) is 0 Å². The summed E-state index contributed by atoms with van der Waals surface area (Å²) in [6.07, 6.45) is 1.83. The van der Waals surface area contributed by atoms with Crippen LogP contribution in [0.4, 0.5) is 4.79 Å². The number of rotatable bonds is 12. The van der Waals surface area contributed by atoms with E-state index in [1.165, 1.54) is 11.9 Å². The van der Waals surface area contributed by atoms with Crippen molar-refractivity contribution >= 4 is 39.6 Å². The lowest BCUT2D eigenvalue weighted by Crippen LogP contribution is -2.62. The number of piperidine rings is 1. The molecule has 5 amide bonds. The van der Waals surface area contributed by atoms with Gasteiger partial charge in [-0.25, -0.2) is 17.5 Å². The molecule has 1 unspecified atom stereocenters. The predicted octanol–water partition coefficient (Wildman–Crippen LogP) is 0.829. The minimum atomic E-state index is -3.50. The highest BCUT2D eigenvalue weighted by atomic mass is 32.2. The number of likely N-dealkylation sites (N-methyl/N-ethyl adjacent to an activating group) is 1. The van der Waals surface area contributed by atoms with E-state index in [4.69, 9.17) is 5.73 Å². The summed E-state index contributed by atoms with van der Waals surface area (Å²) >= 11 is 0. The second kappa shape index (κ2) is 12.7. The molecule has 1 saturated carbocycles. The van der Waals surface area contributed by atoms with E-state index in [1.807, 2.05) is 41.5 Å². The molecule has 0 aromatic rings. The number of hydrogen-bond acceptors (Lipinski definition) is 7. The smallest absolute Gasteiger partial charge is 0.315 e. The van der Waals surface area contributed by atoms with E-state index in [9.17, 15) is 32.4 Å². The van der Waals surface area contributed by atoms with Crippen molar-refractivity contribution in [3.05, 3.63) is 0 Å². The van der Waals surface area contributed by atoms with Gasteiger partial charge >= 0.3 is 6.03 Å². The molecular formula is C29H52N6O7S. The number of hydrogen-bond donors (Lipinski definition) is 4. The Morgan fingerprint density at radius 3 is 2.00 bits per heavy atom. The van der Waals surface area contributed by atoms with E-state index in [0.29, 0.717) is 13.0 Å². The number of nitrogens with zero attached hydrogens (tertiary/aromatic N) is 2. The summed E-state index contributed by atoms with van der Waals surface area (Å²) < 4.78 is 25.2. The molecule has 5 N–H and O–H groups in total. The van der Waals surface area contributed by atoms with Gasteiger partial charge in [0.25, 0.3) is 5.91 Å². The van der Waals surface area contributed by atoms with E-state index in [-0.39, 0.29) is 30.2 Å². The highest BCUT2D eigenvalue weighted by Crippen LogP contribution is 2.65. The third-order valence-electron chi connectivity index (χ3n) is 8.96. The molecule has 14 heteroatoms. The molecule has 13 nitrogen and oxygen atoms in total. The van der Waals surface area contributed by atoms with Gasteiger partial charge in [-0.05, 0) is 34.5 Å². The van der Waals surface area contributed by atoms with Gasteiger partial charge in [-0.15, -0.1) is 0 Å². The van der Waals surface area contributed by atoms with Gasteiger partial charge in [0.1, 0.15) is 12.1 Å². The lowest BCUT2D eigenvalue weighted by molar-refractivity contribution is -0.145. The molecule has 6 atom stereocenters. The average Bonchev–Trinajstić information content (AvgIpc) is 3.17. The summed E-state index contributed by atoms with van der Waals surface area (Å²) in [5, 5.41) is 8.32. The van der Waals surface area contributed by atoms with E-state index in [2.05, 4.69) is 16.0 Å². The number of ketones is 1. The predicted molar refractivity (Wildman–Crippen MR) is 163 cm³/mol. The molecule has 1 aliphatic heterocycles. The second-order valence-corrected chi connectivity index (χ2v) is 16.9. The number of primary amides is 1. The van der Waals surface area contributed by atoms with Crippen molar-refractivity contribution in [2.45, 2.75) is 99.3 Å². The molecule has 0 aromatic heterocycles. The van der Waals surface area contributed by atoms with Gasteiger partial charge in [-0.1, -0.05) is 68.7 Å². The van der Waals surface area contributed by atoms with Crippen molar-refractivity contribution < 1.29 is 32.4 Å². The number of likely N-dealkylation sites (tertiary alicyclic amines) is 1. The van der Waals surface area contributed by atoms with Gasteiger partial charge in [-0.2, -0.15) is 0 Å². The van der Waals surface area contributed by atoms with Crippen molar-refractivity contribution in [1.29, 1.82) is 0 Å². The maximum atomic E-state index is 14.1. The third kappa shape index (κ3) is 8.46. The van der Waals surface area contributed by atoms with Crippen molar-refractivity contribution in [2.75, 3.05) is 26.4 Å². The standard InChI is InChI=1S/C29H52N6O7S/c1-12-13-17(21(36)23(30)37)31-24(38)20-19-16(29(19,8)9)14-35(20)25(39)22(28(5,6)7)33-26(40)32-18(27(2,3)4)15-34(10)43(11,41)42/h16-20,22H,12-15H2,1-11H3,(H2,30,37)(H,31,38)(H2,32,33,40)/t16-,17?,18+,19-,20-,22+/m0/s1. The summed E-state index contributed by atoms with van der Waals surface area (Å²) in [5.74, 6) is -3.11. The first-order valence-electron chi connectivity index (χ1n) is 14.8. The minimum Gasteiger partial charge on any atom is -0.363 e. The highest BCUT2D eigenvalue weighted by Gasteiger charge is 2.70. The molecule has 246 valence electrons. The minimum absolute atomic E-state index is 0.0274. The quantitative estimate of drug-likeness (QED) is 0.230. The normalized spacial score (nSPS) is 23.5. The molecule has 0 aromatic carbocycles. The number of Topliss-reactive ketones (excluding diaryl/α,β-unsaturated/α-hetero) is 1. The first-order valence-corrected chi connectivity index (χ1v) is 16.6. The number of amides is 5. The average molecular weight is 629 g/mol. The lowest BCUT2D eigenvalue weighted by Gasteiger charge is -2.39. The Kier molecular flexibility index (Phi) is 10.8. The van der Waals surface area contributed by atoms with Crippen molar-refractivity contribution in [1.82, 2.24) is 25.2 Å². The van der Waals surface area contributed by atoms with Gasteiger partial charge in [0.05, 0.1) is 12.3 Å². The van der Waals surface area contributed by atoms with Crippen LogP contribution in [0.3, 0.4) is 0 Å². The number of sulfonamides is 1. The zero-order valence-corrected chi connectivity index (χ0v) is 28.3. The van der Waals surface area contributed by atoms with E-state index in [1.54, 1.807) is 20.8 Å². The number of fused-ring (bicyclic) bond motifs is 1. The Labute approximate surface area is 256 Å². The van der Waals surface area contributed by atoms with Crippen LogP contribution in [0.25, 0.3) is 0 Å². The number of nitrogens with one attached hydrogen (secondary N) is 3. The van der Waals surface area contributed by atoms with Gasteiger partial charge in [0.2, 0.25) is 27.6 Å². The molecule has 0 bridgehead atoms. The Morgan fingerprint density at radius 1 is 1.00 bits per heavy atom. The van der Waals surface area contributed by atoms with E-state index >= 15 is 0 Å². The number of urea groups is 1. The van der Waals surface area contributed by atoms with Crippen LogP contribution < -0.4 is 21.7 Å². The number of carbonyl (C=O) groups excluding carboxylic acids is 5. The van der Waals surface area contributed by atoms with Crippen molar-refractivity contribution in [2.24, 2.45) is 33.8 Å². The Morgan fingerprint density at radius 2 is 1.56 bits per heavy atom. The molecule has 1 saturated heterocycles. The first kappa shape index (κ1) is 36.5. The van der Waals surface area contributed by atoms with Gasteiger partial charge in [0.15, 0.2) is 0 Å². The van der Waals surface area contributed by atoms with Crippen LogP contribution in [0.2, 0.25) is 0 Å². The fourth-order valence-electron chi connectivity index (χ4n) is 5.87. The van der Waals surface area contributed by atoms with Gasteiger partial charge < -0.3 is 26.6 Å². The van der Waals surface area contributed by atoms with Crippen molar-refractivity contribution in [3.8, 4) is 0 Å². The Hall–Kier alpha value is -2.74. The topological polar surface area (TPSA) is 188 Å². The number of carbonyl (C=O) groups is 5. The zero-order chi connectivity index (χ0) is 33.5. The fraction of sp³-hybridized carbons (Fsp3) is 0.828. The van der Waals surface area contributed by atoms with Gasteiger partial charge in [-0.3, -0.25) is 19.2 Å². The van der Waals surface area contributed by atoms with Gasteiger partial charge in [0, 0.05) is 26.2 Å². The summed E-state index contributed by atoms with van der Waals surface area (Å²) in [6, 6.07) is -4.24. The van der Waals surface area contributed by atoms with E-state index < -0.39 is 74.6 Å². The highest BCUT2D eigenvalue weighted by molar-refractivity contribution is 7.88. The van der Waals surface area contributed by atoms with E-state index in [0.717, 1.165) is 10.6 Å². The zero-order valence-electron chi connectivity index (χ0n) is 27.5. The maximum Gasteiger partial charge on any atom is 0.315 e. The number of nitrogens with two attached hydrogens (primary N) is 1. The summed E-state index contributed by atoms with van der Waals surface area (Å²) in [5.41, 5.74) is 3.73. The molecular weight excluding hydrogens is 576 g/mol. The largest absolute Gasteiger partial charge is 0.363 e. The maximum absolute atomic E-state index is 14.1.